The zero-order valence-electron chi connectivity index (χ0n) is 16.5. The van der Waals surface area contributed by atoms with Gasteiger partial charge >= 0.3 is 0 Å². The van der Waals surface area contributed by atoms with Gasteiger partial charge in [-0.15, -0.1) is 0 Å². The highest BCUT2D eigenvalue weighted by Gasteiger charge is 2.13. The van der Waals surface area contributed by atoms with Crippen LogP contribution in [0.25, 0.3) is 11.3 Å². The number of carbonyl (C=O) groups is 1. The molecule has 30 heavy (non-hydrogen) atoms. The van der Waals surface area contributed by atoms with Crippen LogP contribution in [0.2, 0.25) is 0 Å². The molecule has 9 nitrogen and oxygen atoms in total. The molecule has 0 fully saturated rings. The van der Waals surface area contributed by atoms with E-state index in [2.05, 4.69) is 10.3 Å². The van der Waals surface area contributed by atoms with Crippen LogP contribution in [0.15, 0.2) is 59.7 Å². The van der Waals surface area contributed by atoms with E-state index in [1.807, 2.05) is 12.1 Å². The number of nitro benzene ring substituents is 1. The fourth-order valence-electron chi connectivity index (χ4n) is 2.91. The molecule has 1 amide bonds. The third-order valence-electron chi connectivity index (χ3n) is 4.56. The summed E-state index contributed by atoms with van der Waals surface area (Å²) in [5, 5.41) is 13.6. The lowest BCUT2D eigenvalue weighted by atomic mass is 10.1. The van der Waals surface area contributed by atoms with E-state index in [0.29, 0.717) is 22.6 Å². The van der Waals surface area contributed by atoms with E-state index in [0.717, 1.165) is 5.56 Å². The minimum atomic E-state index is -0.494. The van der Waals surface area contributed by atoms with Gasteiger partial charge in [0.05, 0.1) is 24.1 Å². The Labute approximate surface area is 172 Å². The Morgan fingerprint density at radius 3 is 2.53 bits per heavy atom. The molecule has 1 aromatic heterocycles. The summed E-state index contributed by atoms with van der Waals surface area (Å²) in [4.78, 5) is 39.3. The van der Waals surface area contributed by atoms with Crippen molar-refractivity contribution in [2.24, 2.45) is 0 Å². The van der Waals surface area contributed by atoms with Gasteiger partial charge in [0.15, 0.2) is 0 Å². The molecule has 9 heteroatoms. The number of nitrogens with one attached hydrogen (secondary N) is 1. The summed E-state index contributed by atoms with van der Waals surface area (Å²) in [6.07, 6.45) is 1.43. The van der Waals surface area contributed by atoms with Crippen molar-refractivity contribution >= 4 is 11.6 Å². The molecule has 0 aliphatic heterocycles. The first-order valence-corrected chi connectivity index (χ1v) is 9.13. The second-order valence-corrected chi connectivity index (χ2v) is 6.55. The first-order chi connectivity index (χ1) is 14.4. The van der Waals surface area contributed by atoms with Gasteiger partial charge < -0.3 is 10.1 Å². The molecule has 1 heterocycles. The number of benzene rings is 2. The third-order valence-corrected chi connectivity index (χ3v) is 4.56. The molecule has 2 aromatic carbocycles. The zero-order valence-corrected chi connectivity index (χ0v) is 16.5. The molecule has 154 valence electrons. The zero-order chi connectivity index (χ0) is 21.7. The minimum absolute atomic E-state index is 0.0406. The van der Waals surface area contributed by atoms with Gasteiger partial charge in [0.1, 0.15) is 5.75 Å². The van der Waals surface area contributed by atoms with Crippen LogP contribution in [-0.2, 0) is 6.54 Å². The maximum atomic E-state index is 12.3. The molecule has 0 aliphatic rings. The molecule has 3 rings (SSSR count). The summed E-state index contributed by atoms with van der Waals surface area (Å²) in [5.74, 6) is 0.343. The number of aryl methyl sites for hydroxylation is 1. The topological polar surface area (TPSA) is 116 Å². The van der Waals surface area contributed by atoms with Crippen molar-refractivity contribution in [3.05, 3.63) is 86.5 Å². The molecule has 1 N–H and O–H groups in total. The van der Waals surface area contributed by atoms with Crippen LogP contribution in [0, 0.1) is 17.0 Å². The average Bonchev–Trinajstić information content (AvgIpc) is 2.74. The normalized spacial score (nSPS) is 10.5. The van der Waals surface area contributed by atoms with Gasteiger partial charge in [-0.3, -0.25) is 24.3 Å². The van der Waals surface area contributed by atoms with Crippen molar-refractivity contribution in [1.82, 2.24) is 14.9 Å². The quantitative estimate of drug-likeness (QED) is 0.474. The van der Waals surface area contributed by atoms with Crippen molar-refractivity contribution < 1.29 is 14.5 Å². The van der Waals surface area contributed by atoms with Crippen LogP contribution in [0.4, 0.5) is 5.69 Å². The first kappa shape index (κ1) is 20.7. The summed E-state index contributed by atoms with van der Waals surface area (Å²) in [7, 11) is 1.58. The fraction of sp³-hybridized carbons (Fsp3) is 0.190. The maximum Gasteiger partial charge on any atom is 0.272 e. The number of methoxy groups -OCH3 is 1. The molecule has 0 aliphatic carbocycles. The molecule has 0 saturated carbocycles. The highest BCUT2D eigenvalue weighted by atomic mass is 16.6. The van der Waals surface area contributed by atoms with E-state index in [4.69, 9.17) is 4.74 Å². The van der Waals surface area contributed by atoms with E-state index >= 15 is 0 Å². The van der Waals surface area contributed by atoms with E-state index in [-0.39, 0.29) is 30.2 Å². The van der Waals surface area contributed by atoms with Crippen LogP contribution in [0.1, 0.15) is 15.9 Å². The Hall–Kier alpha value is -4.01. The van der Waals surface area contributed by atoms with Crippen LogP contribution in [0.3, 0.4) is 0 Å². The lowest BCUT2D eigenvalue weighted by Crippen LogP contribution is -2.30. The van der Waals surface area contributed by atoms with Crippen molar-refractivity contribution in [1.29, 1.82) is 0 Å². The molecule has 0 radical (unpaired) electrons. The van der Waals surface area contributed by atoms with Crippen molar-refractivity contribution in [2.75, 3.05) is 13.7 Å². The lowest BCUT2D eigenvalue weighted by Gasteiger charge is -2.09. The maximum absolute atomic E-state index is 12.3. The van der Waals surface area contributed by atoms with Gasteiger partial charge in [-0.2, -0.15) is 0 Å². The predicted molar refractivity (Wildman–Crippen MR) is 111 cm³/mol. The number of hydrogen-bond acceptors (Lipinski definition) is 6. The van der Waals surface area contributed by atoms with Gasteiger partial charge in [0.25, 0.3) is 17.2 Å². The van der Waals surface area contributed by atoms with Gasteiger partial charge in [-0.1, -0.05) is 0 Å². The predicted octanol–water partition coefficient (Wildman–Crippen LogP) is 2.57. The molecule has 0 spiro atoms. The summed E-state index contributed by atoms with van der Waals surface area (Å²) >= 11 is 0. The van der Waals surface area contributed by atoms with E-state index < -0.39 is 4.92 Å². The Kier molecular flexibility index (Phi) is 6.21. The molecule has 0 atom stereocenters. The van der Waals surface area contributed by atoms with Crippen LogP contribution >= 0.6 is 0 Å². The van der Waals surface area contributed by atoms with Crippen molar-refractivity contribution in [3.8, 4) is 17.0 Å². The number of carbonyl (C=O) groups excluding carboxylic acids is 1. The molecule has 0 bridgehead atoms. The third kappa shape index (κ3) is 4.69. The van der Waals surface area contributed by atoms with E-state index in [1.54, 1.807) is 26.2 Å². The Morgan fingerprint density at radius 1 is 1.20 bits per heavy atom. The van der Waals surface area contributed by atoms with E-state index in [1.165, 1.54) is 35.2 Å². The van der Waals surface area contributed by atoms with Gasteiger partial charge in [-0.25, -0.2) is 4.98 Å². The van der Waals surface area contributed by atoms with Gasteiger partial charge in [0, 0.05) is 41.9 Å². The molecule has 0 saturated heterocycles. The number of rotatable bonds is 7. The summed E-state index contributed by atoms with van der Waals surface area (Å²) in [6, 6.07) is 12.8. The SMILES string of the molecule is COc1ccc(-c2cc(=O)n(CCNC(=O)c3ccc([N+](=O)[O-])c(C)c3)cn2)cc1. The number of nitrogens with zero attached hydrogens (tertiary/aromatic N) is 3. The van der Waals surface area contributed by atoms with Crippen LogP contribution in [-0.4, -0.2) is 34.0 Å². The summed E-state index contributed by atoms with van der Waals surface area (Å²) in [5.41, 5.74) is 1.78. The summed E-state index contributed by atoms with van der Waals surface area (Å²) in [6.45, 7) is 2.02. The number of aromatic nitrogens is 2. The van der Waals surface area contributed by atoms with Gasteiger partial charge in [0.2, 0.25) is 0 Å². The monoisotopic (exact) mass is 408 g/mol. The number of ether oxygens (including phenoxy) is 1. The smallest absolute Gasteiger partial charge is 0.272 e. The average molecular weight is 408 g/mol. The van der Waals surface area contributed by atoms with Crippen LogP contribution in [0.5, 0.6) is 5.75 Å². The second kappa shape index (κ2) is 8.99. The molecule has 3 aromatic rings. The van der Waals surface area contributed by atoms with Crippen molar-refractivity contribution in [2.45, 2.75) is 13.5 Å². The largest absolute Gasteiger partial charge is 0.497 e. The Balaban J connectivity index is 1.62. The minimum Gasteiger partial charge on any atom is -0.497 e. The summed E-state index contributed by atoms with van der Waals surface area (Å²) < 4.78 is 6.51. The number of nitro groups is 1. The molecular formula is C21H20N4O5. The fourth-order valence-corrected chi connectivity index (χ4v) is 2.91. The molecule has 0 unspecified atom stereocenters. The van der Waals surface area contributed by atoms with Crippen LogP contribution < -0.4 is 15.6 Å². The van der Waals surface area contributed by atoms with E-state index in [9.17, 15) is 19.7 Å². The number of amides is 1. The lowest BCUT2D eigenvalue weighted by molar-refractivity contribution is -0.385. The Morgan fingerprint density at radius 2 is 1.93 bits per heavy atom. The van der Waals surface area contributed by atoms with Gasteiger partial charge in [-0.05, 0) is 43.3 Å². The highest BCUT2D eigenvalue weighted by molar-refractivity contribution is 5.94. The first-order valence-electron chi connectivity index (χ1n) is 9.13. The standard InChI is InChI=1S/C21H20N4O5/c1-14-11-16(5-8-19(14)25(28)29)21(27)22-9-10-24-13-23-18(12-20(24)26)15-3-6-17(30-2)7-4-15/h3-8,11-13H,9-10H2,1-2H3,(H,22,27). The molecular weight excluding hydrogens is 388 g/mol. The second-order valence-electron chi connectivity index (χ2n) is 6.55. The Bertz CT molecular complexity index is 1140. The van der Waals surface area contributed by atoms with Crippen molar-refractivity contribution in [3.63, 3.8) is 0 Å². The number of hydrogen-bond donors (Lipinski definition) is 1. The highest BCUT2D eigenvalue weighted by Crippen LogP contribution is 2.20.